The Balaban J connectivity index is 2.51. The molecule has 0 fully saturated rings. The minimum atomic E-state index is -0.382. The Bertz CT molecular complexity index is 781. The van der Waals surface area contributed by atoms with Gasteiger partial charge in [-0.15, -0.1) is 0 Å². The highest BCUT2D eigenvalue weighted by Crippen LogP contribution is 2.35. The topological polar surface area (TPSA) is 42.2 Å². The van der Waals surface area contributed by atoms with Crippen LogP contribution in [0.2, 0.25) is 0 Å². The maximum Gasteiger partial charge on any atom is 0.161 e. The number of hydrogen-bond donors (Lipinski definition) is 0. The van der Waals surface area contributed by atoms with E-state index in [2.05, 4.69) is 22.0 Å². The van der Waals surface area contributed by atoms with Crippen LogP contribution in [-0.2, 0) is 0 Å². The monoisotopic (exact) mass is 375 g/mol. The minimum Gasteiger partial charge on any atom is -0.493 e. The Morgan fingerprint density at radius 2 is 2.09 bits per heavy atom. The predicted octanol–water partition coefficient (Wildman–Crippen LogP) is 5.06. The highest BCUT2D eigenvalue weighted by Gasteiger charge is 2.10. The molecule has 0 atom stereocenters. The van der Waals surface area contributed by atoms with Crippen molar-refractivity contribution in [3.63, 3.8) is 0 Å². The molecule has 0 aliphatic rings. The molecule has 0 aliphatic heterocycles. The Hall–Kier alpha value is -2.32. The number of halogens is 2. The van der Waals surface area contributed by atoms with Crippen molar-refractivity contribution < 1.29 is 13.9 Å². The van der Waals surface area contributed by atoms with Crippen LogP contribution in [0.4, 0.5) is 4.39 Å². The lowest BCUT2D eigenvalue weighted by molar-refractivity contribution is 0.310. The molecular weight excluding hydrogens is 361 g/mol. The number of allylic oxidation sites excluding steroid dienone is 1. The van der Waals surface area contributed by atoms with Crippen LogP contribution in [0, 0.1) is 17.1 Å². The summed E-state index contributed by atoms with van der Waals surface area (Å²) >= 11 is 3.45. The van der Waals surface area contributed by atoms with Gasteiger partial charge in [0.15, 0.2) is 11.5 Å². The quantitative estimate of drug-likeness (QED) is 0.541. The van der Waals surface area contributed by atoms with Crippen molar-refractivity contribution in [2.45, 2.75) is 6.92 Å². The Morgan fingerprint density at radius 1 is 1.30 bits per heavy atom. The van der Waals surface area contributed by atoms with Gasteiger partial charge in [-0.1, -0.05) is 28.1 Å². The standard InChI is InChI=1S/C18H15BrFNO2/c1-3-23-18-9-13(16(19)10-17(18)22-2)7-14(11-21)12-5-4-6-15(20)8-12/h4-10H,3H2,1-2H3/b14-7-. The van der Waals surface area contributed by atoms with E-state index in [4.69, 9.17) is 9.47 Å². The van der Waals surface area contributed by atoms with Crippen LogP contribution < -0.4 is 9.47 Å². The van der Waals surface area contributed by atoms with Crippen molar-refractivity contribution in [2.24, 2.45) is 0 Å². The molecule has 0 saturated carbocycles. The third-order valence-electron chi connectivity index (χ3n) is 3.14. The lowest BCUT2D eigenvalue weighted by Gasteiger charge is -2.12. The van der Waals surface area contributed by atoms with Crippen LogP contribution in [0.15, 0.2) is 40.9 Å². The first kappa shape index (κ1) is 17.0. The summed E-state index contributed by atoms with van der Waals surface area (Å²) in [7, 11) is 1.56. The van der Waals surface area contributed by atoms with E-state index in [-0.39, 0.29) is 5.82 Å². The number of methoxy groups -OCH3 is 1. The maximum atomic E-state index is 13.4. The summed E-state index contributed by atoms with van der Waals surface area (Å²) in [6.45, 7) is 2.38. The third-order valence-corrected chi connectivity index (χ3v) is 3.83. The fraction of sp³-hybridized carbons (Fsp3) is 0.167. The minimum absolute atomic E-state index is 0.359. The summed E-state index contributed by atoms with van der Waals surface area (Å²) in [4.78, 5) is 0. The van der Waals surface area contributed by atoms with Crippen molar-refractivity contribution in [1.29, 1.82) is 5.26 Å². The zero-order valence-electron chi connectivity index (χ0n) is 12.8. The van der Waals surface area contributed by atoms with Gasteiger partial charge in [-0.25, -0.2) is 4.39 Å². The molecule has 0 aliphatic carbocycles. The molecule has 2 aromatic rings. The fourth-order valence-corrected chi connectivity index (χ4v) is 2.52. The van der Waals surface area contributed by atoms with E-state index in [1.807, 2.05) is 6.92 Å². The Labute approximate surface area is 143 Å². The molecule has 0 unspecified atom stereocenters. The van der Waals surface area contributed by atoms with E-state index < -0.39 is 0 Å². The number of ether oxygens (including phenoxy) is 2. The van der Waals surface area contributed by atoms with Gasteiger partial charge in [-0.3, -0.25) is 0 Å². The van der Waals surface area contributed by atoms with Crippen LogP contribution in [0.1, 0.15) is 18.1 Å². The van der Waals surface area contributed by atoms with Gasteiger partial charge in [0.25, 0.3) is 0 Å². The van der Waals surface area contributed by atoms with E-state index >= 15 is 0 Å². The lowest BCUT2D eigenvalue weighted by atomic mass is 10.0. The smallest absolute Gasteiger partial charge is 0.161 e. The van der Waals surface area contributed by atoms with Crippen molar-refractivity contribution in [3.8, 4) is 17.6 Å². The first-order valence-corrected chi connectivity index (χ1v) is 7.76. The average molecular weight is 376 g/mol. The third kappa shape index (κ3) is 4.11. The number of benzene rings is 2. The average Bonchev–Trinajstić information content (AvgIpc) is 2.55. The number of hydrogen-bond acceptors (Lipinski definition) is 3. The van der Waals surface area contributed by atoms with Gasteiger partial charge in [0.1, 0.15) is 5.82 Å². The Morgan fingerprint density at radius 3 is 2.70 bits per heavy atom. The summed E-state index contributed by atoms with van der Waals surface area (Å²) in [5, 5.41) is 9.38. The molecule has 0 heterocycles. The zero-order valence-corrected chi connectivity index (χ0v) is 14.4. The normalized spacial score (nSPS) is 11.0. The maximum absolute atomic E-state index is 13.4. The summed E-state index contributed by atoms with van der Waals surface area (Å²) in [5.74, 6) is 0.800. The molecule has 2 rings (SSSR count). The summed E-state index contributed by atoms with van der Waals surface area (Å²) in [5.41, 5.74) is 1.63. The van der Waals surface area contributed by atoms with Crippen LogP contribution >= 0.6 is 15.9 Å². The van der Waals surface area contributed by atoms with E-state index in [1.165, 1.54) is 12.1 Å². The van der Waals surface area contributed by atoms with E-state index in [1.54, 1.807) is 37.5 Å². The van der Waals surface area contributed by atoms with Crippen molar-refractivity contribution in [2.75, 3.05) is 13.7 Å². The molecule has 0 bridgehead atoms. The van der Waals surface area contributed by atoms with Crippen LogP contribution in [-0.4, -0.2) is 13.7 Å². The molecule has 0 spiro atoms. The van der Waals surface area contributed by atoms with Gasteiger partial charge in [0.05, 0.1) is 25.4 Å². The largest absolute Gasteiger partial charge is 0.493 e. The van der Waals surface area contributed by atoms with Gasteiger partial charge < -0.3 is 9.47 Å². The van der Waals surface area contributed by atoms with Gasteiger partial charge >= 0.3 is 0 Å². The van der Waals surface area contributed by atoms with E-state index in [0.29, 0.717) is 29.2 Å². The second-order valence-electron chi connectivity index (χ2n) is 4.64. The SMILES string of the molecule is CCOc1cc(/C=C(/C#N)c2cccc(F)c2)c(Br)cc1OC. The second-order valence-corrected chi connectivity index (χ2v) is 5.49. The van der Waals surface area contributed by atoms with Crippen LogP contribution in [0.25, 0.3) is 11.6 Å². The summed E-state index contributed by atoms with van der Waals surface area (Å²) in [6.07, 6.45) is 1.68. The van der Waals surface area contributed by atoms with E-state index in [9.17, 15) is 9.65 Å². The van der Waals surface area contributed by atoms with Crippen LogP contribution in [0.3, 0.4) is 0 Å². The molecule has 5 heteroatoms. The summed E-state index contributed by atoms with van der Waals surface area (Å²) < 4.78 is 24.9. The fourth-order valence-electron chi connectivity index (χ4n) is 2.08. The highest BCUT2D eigenvalue weighted by molar-refractivity contribution is 9.10. The number of nitrogens with zero attached hydrogens (tertiary/aromatic N) is 1. The molecule has 0 saturated heterocycles. The molecule has 118 valence electrons. The van der Waals surface area contributed by atoms with Gasteiger partial charge in [-0.2, -0.15) is 5.26 Å². The van der Waals surface area contributed by atoms with E-state index in [0.717, 1.165) is 10.0 Å². The van der Waals surface area contributed by atoms with Crippen molar-refractivity contribution in [3.05, 3.63) is 57.8 Å². The molecule has 0 radical (unpaired) electrons. The van der Waals surface area contributed by atoms with Crippen molar-refractivity contribution >= 4 is 27.6 Å². The molecule has 0 N–H and O–H groups in total. The molecule has 23 heavy (non-hydrogen) atoms. The first-order valence-electron chi connectivity index (χ1n) is 6.97. The van der Waals surface area contributed by atoms with Gasteiger partial charge in [0, 0.05) is 4.47 Å². The Kier molecular flexibility index (Phi) is 5.78. The lowest BCUT2D eigenvalue weighted by Crippen LogP contribution is -1.96. The zero-order chi connectivity index (χ0) is 16.8. The number of rotatable bonds is 5. The van der Waals surface area contributed by atoms with Gasteiger partial charge in [-0.05, 0) is 48.4 Å². The second kappa shape index (κ2) is 7.80. The first-order chi connectivity index (χ1) is 11.1. The molecule has 3 nitrogen and oxygen atoms in total. The molecule has 0 aromatic heterocycles. The van der Waals surface area contributed by atoms with Gasteiger partial charge in [0.2, 0.25) is 0 Å². The highest BCUT2D eigenvalue weighted by atomic mass is 79.9. The molecule has 0 amide bonds. The van der Waals surface area contributed by atoms with Crippen LogP contribution in [0.5, 0.6) is 11.5 Å². The predicted molar refractivity (Wildman–Crippen MR) is 91.7 cm³/mol. The van der Waals surface area contributed by atoms with Crippen molar-refractivity contribution in [1.82, 2.24) is 0 Å². The summed E-state index contributed by atoms with van der Waals surface area (Å²) in [6, 6.07) is 11.6. The molecule has 2 aromatic carbocycles. The molecular formula is C18H15BrFNO2. The number of nitriles is 1.